The van der Waals surface area contributed by atoms with E-state index in [2.05, 4.69) is 51.9 Å². The molecular formula is C17H36N2. The van der Waals surface area contributed by atoms with E-state index in [9.17, 15) is 0 Å². The van der Waals surface area contributed by atoms with Crippen LogP contribution >= 0.6 is 0 Å². The molecule has 0 heterocycles. The van der Waals surface area contributed by atoms with E-state index in [1.165, 1.54) is 51.6 Å². The molecule has 0 aromatic heterocycles. The summed E-state index contributed by atoms with van der Waals surface area (Å²) in [6.07, 6.45) is 8.29. The molecule has 0 aliphatic heterocycles. The van der Waals surface area contributed by atoms with Gasteiger partial charge >= 0.3 is 0 Å². The summed E-state index contributed by atoms with van der Waals surface area (Å²) < 4.78 is 0. The van der Waals surface area contributed by atoms with Crippen molar-refractivity contribution >= 4 is 0 Å². The van der Waals surface area contributed by atoms with Crippen LogP contribution in [0.25, 0.3) is 0 Å². The molecule has 0 spiro atoms. The third kappa shape index (κ3) is 5.07. The minimum Gasteiger partial charge on any atom is -0.314 e. The highest BCUT2D eigenvalue weighted by Gasteiger charge is 2.35. The molecule has 0 bridgehead atoms. The highest BCUT2D eigenvalue weighted by molar-refractivity contribution is 4.91. The van der Waals surface area contributed by atoms with Crippen LogP contribution in [0, 0.1) is 5.41 Å². The molecule has 114 valence electrons. The molecule has 0 amide bonds. The largest absolute Gasteiger partial charge is 0.314 e. The van der Waals surface area contributed by atoms with Crippen molar-refractivity contribution < 1.29 is 0 Å². The summed E-state index contributed by atoms with van der Waals surface area (Å²) in [6.45, 7) is 14.0. The van der Waals surface area contributed by atoms with Crippen LogP contribution in [0.15, 0.2) is 0 Å². The third-order valence-corrected chi connectivity index (χ3v) is 5.27. The first-order valence-electron chi connectivity index (χ1n) is 8.26. The number of hydrogen-bond donors (Lipinski definition) is 1. The van der Waals surface area contributed by atoms with Gasteiger partial charge in [-0.15, -0.1) is 0 Å². The van der Waals surface area contributed by atoms with Crippen LogP contribution in [0.4, 0.5) is 0 Å². The van der Waals surface area contributed by atoms with E-state index in [1.54, 1.807) is 0 Å². The van der Waals surface area contributed by atoms with Gasteiger partial charge < -0.3 is 10.2 Å². The fourth-order valence-corrected chi connectivity index (χ4v) is 3.10. The molecule has 0 aromatic carbocycles. The Balaban J connectivity index is 2.68. The standard InChI is InChI=1S/C17H36N2/c1-7-16(4,5)19(6)14-17(13-18-15(2)3)11-9-8-10-12-17/h15,18H,7-14H2,1-6H3. The van der Waals surface area contributed by atoms with Crippen molar-refractivity contribution in [3.05, 3.63) is 0 Å². The van der Waals surface area contributed by atoms with Crippen LogP contribution in [0.5, 0.6) is 0 Å². The van der Waals surface area contributed by atoms with Crippen molar-refractivity contribution in [2.45, 2.75) is 84.7 Å². The number of nitrogens with one attached hydrogen (secondary N) is 1. The highest BCUT2D eigenvalue weighted by atomic mass is 15.2. The lowest BCUT2D eigenvalue weighted by molar-refractivity contribution is 0.0551. The van der Waals surface area contributed by atoms with Gasteiger partial charge in [-0.2, -0.15) is 0 Å². The summed E-state index contributed by atoms with van der Waals surface area (Å²) >= 11 is 0. The van der Waals surface area contributed by atoms with Crippen molar-refractivity contribution in [2.75, 3.05) is 20.1 Å². The maximum absolute atomic E-state index is 3.70. The molecule has 1 rings (SSSR count). The van der Waals surface area contributed by atoms with Crippen LogP contribution in [-0.2, 0) is 0 Å². The van der Waals surface area contributed by atoms with Gasteiger partial charge in [0.25, 0.3) is 0 Å². The van der Waals surface area contributed by atoms with Crippen molar-refractivity contribution in [3.8, 4) is 0 Å². The van der Waals surface area contributed by atoms with Gasteiger partial charge in [-0.25, -0.2) is 0 Å². The van der Waals surface area contributed by atoms with Crippen molar-refractivity contribution in [2.24, 2.45) is 5.41 Å². The molecule has 1 saturated carbocycles. The van der Waals surface area contributed by atoms with Crippen LogP contribution in [0.2, 0.25) is 0 Å². The second-order valence-corrected chi connectivity index (χ2v) is 7.62. The Morgan fingerprint density at radius 3 is 2.21 bits per heavy atom. The maximum Gasteiger partial charge on any atom is 0.0147 e. The molecule has 1 fully saturated rings. The fraction of sp³-hybridized carbons (Fsp3) is 1.00. The summed E-state index contributed by atoms with van der Waals surface area (Å²) in [5, 5.41) is 3.70. The Bertz CT molecular complexity index is 252. The molecule has 1 aliphatic rings. The monoisotopic (exact) mass is 268 g/mol. The lowest BCUT2D eigenvalue weighted by Gasteiger charge is -2.45. The van der Waals surface area contributed by atoms with Crippen molar-refractivity contribution in [3.63, 3.8) is 0 Å². The minimum absolute atomic E-state index is 0.322. The van der Waals surface area contributed by atoms with E-state index in [0.717, 1.165) is 0 Å². The molecule has 0 atom stereocenters. The summed E-state index contributed by atoms with van der Waals surface area (Å²) in [6, 6.07) is 0.600. The fourth-order valence-electron chi connectivity index (χ4n) is 3.10. The molecule has 2 nitrogen and oxygen atoms in total. The third-order valence-electron chi connectivity index (χ3n) is 5.27. The van der Waals surface area contributed by atoms with Gasteiger partial charge in [-0.3, -0.25) is 0 Å². The van der Waals surface area contributed by atoms with Gasteiger partial charge in [0.1, 0.15) is 0 Å². The maximum atomic E-state index is 3.70. The first-order chi connectivity index (χ1) is 8.81. The zero-order chi connectivity index (χ0) is 14.5. The van der Waals surface area contributed by atoms with E-state index < -0.39 is 0 Å². The highest BCUT2D eigenvalue weighted by Crippen LogP contribution is 2.38. The van der Waals surface area contributed by atoms with Gasteiger partial charge in [0.2, 0.25) is 0 Å². The topological polar surface area (TPSA) is 15.3 Å². The van der Waals surface area contributed by atoms with Crippen LogP contribution in [-0.4, -0.2) is 36.6 Å². The van der Waals surface area contributed by atoms with Crippen molar-refractivity contribution in [1.29, 1.82) is 0 Å². The molecule has 0 unspecified atom stereocenters. The molecular weight excluding hydrogens is 232 g/mol. The summed E-state index contributed by atoms with van der Waals surface area (Å²) in [5.74, 6) is 0. The predicted octanol–water partition coefficient (Wildman–Crippen LogP) is 4.06. The summed E-state index contributed by atoms with van der Waals surface area (Å²) in [5.41, 5.74) is 0.825. The Kier molecular flexibility index (Phi) is 6.32. The summed E-state index contributed by atoms with van der Waals surface area (Å²) in [7, 11) is 2.31. The predicted molar refractivity (Wildman–Crippen MR) is 85.7 cm³/mol. The molecule has 2 heteroatoms. The van der Waals surface area contributed by atoms with Gasteiger partial charge in [0.05, 0.1) is 0 Å². The summed E-state index contributed by atoms with van der Waals surface area (Å²) in [4.78, 5) is 2.60. The lowest BCUT2D eigenvalue weighted by Crippen LogP contribution is -2.51. The molecule has 0 aromatic rings. The normalized spacial score (nSPS) is 20.2. The zero-order valence-corrected chi connectivity index (χ0v) is 14.2. The first kappa shape index (κ1) is 17.0. The average molecular weight is 268 g/mol. The van der Waals surface area contributed by atoms with Crippen LogP contribution in [0.3, 0.4) is 0 Å². The Hall–Kier alpha value is -0.0800. The molecule has 1 aliphatic carbocycles. The van der Waals surface area contributed by atoms with Gasteiger partial charge in [-0.1, -0.05) is 40.0 Å². The van der Waals surface area contributed by atoms with E-state index in [4.69, 9.17) is 0 Å². The molecule has 19 heavy (non-hydrogen) atoms. The number of hydrogen-bond acceptors (Lipinski definition) is 2. The van der Waals surface area contributed by atoms with Gasteiger partial charge in [0, 0.05) is 24.7 Å². The quantitative estimate of drug-likeness (QED) is 0.749. The lowest BCUT2D eigenvalue weighted by atomic mass is 9.73. The second-order valence-electron chi connectivity index (χ2n) is 7.62. The first-order valence-corrected chi connectivity index (χ1v) is 8.26. The van der Waals surface area contributed by atoms with Gasteiger partial charge in [-0.05, 0) is 45.6 Å². The molecule has 0 saturated heterocycles. The Labute approximate surface area is 121 Å². The number of nitrogens with zero attached hydrogens (tertiary/aromatic N) is 1. The minimum atomic E-state index is 0.322. The van der Waals surface area contributed by atoms with E-state index in [0.29, 0.717) is 17.0 Å². The van der Waals surface area contributed by atoms with E-state index in [1.807, 2.05) is 0 Å². The van der Waals surface area contributed by atoms with E-state index in [-0.39, 0.29) is 0 Å². The Morgan fingerprint density at radius 2 is 1.74 bits per heavy atom. The molecule has 0 radical (unpaired) electrons. The smallest absolute Gasteiger partial charge is 0.0147 e. The second kappa shape index (κ2) is 7.08. The average Bonchev–Trinajstić information content (AvgIpc) is 2.37. The Morgan fingerprint density at radius 1 is 1.16 bits per heavy atom. The van der Waals surface area contributed by atoms with Crippen molar-refractivity contribution in [1.82, 2.24) is 10.2 Å². The van der Waals surface area contributed by atoms with Crippen LogP contribution < -0.4 is 5.32 Å². The SMILES string of the molecule is CCC(C)(C)N(C)CC1(CNC(C)C)CCCCC1. The van der Waals surface area contributed by atoms with Gasteiger partial charge in [0.15, 0.2) is 0 Å². The molecule has 1 N–H and O–H groups in total. The zero-order valence-electron chi connectivity index (χ0n) is 14.2. The van der Waals surface area contributed by atoms with Crippen LogP contribution in [0.1, 0.15) is 73.1 Å². The van der Waals surface area contributed by atoms with E-state index >= 15 is 0 Å². The number of rotatable bonds is 7.